The SMILES string of the molecule is Cc1nc(N)nc(N2CCN(C(CCCN3CCNC3=O)=NC#N)CC2)c1C#Cc1cccnc1. The van der Waals surface area contributed by atoms with E-state index in [0.29, 0.717) is 51.5 Å². The highest BCUT2D eigenvalue weighted by Crippen LogP contribution is 2.23. The van der Waals surface area contributed by atoms with Crippen molar-refractivity contribution in [2.24, 2.45) is 4.99 Å². The van der Waals surface area contributed by atoms with Crippen molar-refractivity contribution in [2.75, 3.05) is 56.4 Å². The average molecular weight is 473 g/mol. The van der Waals surface area contributed by atoms with Gasteiger partial charge in [-0.2, -0.15) is 15.2 Å². The van der Waals surface area contributed by atoms with Gasteiger partial charge in [-0.3, -0.25) is 4.98 Å². The summed E-state index contributed by atoms with van der Waals surface area (Å²) in [6, 6.07) is 3.72. The Morgan fingerprint density at radius 1 is 1.23 bits per heavy atom. The number of nitrogens with zero attached hydrogens (tertiary/aromatic N) is 8. The maximum Gasteiger partial charge on any atom is 0.317 e. The Morgan fingerprint density at radius 3 is 2.74 bits per heavy atom. The van der Waals surface area contributed by atoms with E-state index in [2.05, 4.69) is 46.9 Å². The van der Waals surface area contributed by atoms with Gasteiger partial charge in [-0.05, 0) is 25.5 Å². The number of hydrogen-bond acceptors (Lipinski definition) is 8. The van der Waals surface area contributed by atoms with Gasteiger partial charge in [0, 0.05) is 70.2 Å². The number of carbonyl (C=O) groups excluding carboxylic acids is 1. The molecule has 2 fully saturated rings. The molecule has 2 amide bonds. The second-order valence-corrected chi connectivity index (χ2v) is 8.28. The Bertz CT molecular complexity index is 1190. The van der Waals surface area contributed by atoms with E-state index in [1.165, 1.54) is 0 Å². The van der Waals surface area contributed by atoms with Crippen molar-refractivity contribution >= 4 is 23.6 Å². The Morgan fingerprint density at radius 2 is 2.06 bits per heavy atom. The van der Waals surface area contributed by atoms with Crippen molar-refractivity contribution in [3.63, 3.8) is 0 Å². The zero-order chi connectivity index (χ0) is 24.6. The number of hydrogen-bond donors (Lipinski definition) is 2. The molecule has 0 spiro atoms. The van der Waals surface area contributed by atoms with Gasteiger partial charge in [-0.1, -0.05) is 11.8 Å². The van der Waals surface area contributed by atoms with Gasteiger partial charge in [0.2, 0.25) is 12.1 Å². The fourth-order valence-corrected chi connectivity index (χ4v) is 4.20. The van der Waals surface area contributed by atoms with Crippen LogP contribution in [0.15, 0.2) is 29.5 Å². The van der Waals surface area contributed by atoms with Gasteiger partial charge in [0.15, 0.2) is 0 Å². The maximum absolute atomic E-state index is 11.7. The lowest BCUT2D eigenvalue weighted by atomic mass is 10.1. The first-order chi connectivity index (χ1) is 17.0. The third-order valence-electron chi connectivity index (χ3n) is 5.98. The second-order valence-electron chi connectivity index (χ2n) is 8.28. The van der Waals surface area contributed by atoms with Crippen LogP contribution in [0.1, 0.15) is 29.7 Å². The molecule has 4 heterocycles. The van der Waals surface area contributed by atoms with Crippen molar-refractivity contribution < 1.29 is 4.79 Å². The van der Waals surface area contributed by atoms with Gasteiger partial charge in [-0.15, -0.1) is 0 Å². The second kappa shape index (κ2) is 11.2. The first-order valence-electron chi connectivity index (χ1n) is 11.6. The van der Waals surface area contributed by atoms with Crippen molar-refractivity contribution in [2.45, 2.75) is 19.8 Å². The minimum Gasteiger partial charge on any atom is -0.368 e. The fraction of sp³-hybridized carbons (Fsp3) is 0.417. The van der Waals surface area contributed by atoms with Crippen LogP contribution in [0, 0.1) is 30.2 Å². The molecule has 0 aliphatic carbocycles. The normalized spacial score (nSPS) is 15.9. The highest BCUT2D eigenvalue weighted by Gasteiger charge is 2.24. The number of anilines is 2. The molecule has 2 saturated heterocycles. The van der Waals surface area contributed by atoms with Crippen LogP contribution in [0.3, 0.4) is 0 Å². The minimum absolute atomic E-state index is 0.0285. The van der Waals surface area contributed by atoms with Crippen molar-refractivity contribution in [1.82, 2.24) is 30.1 Å². The molecule has 2 aliphatic rings. The number of amidine groups is 1. The van der Waals surface area contributed by atoms with E-state index in [-0.39, 0.29) is 12.0 Å². The minimum atomic E-state index is -0.0285. The number of amides is 2. The molecule has 0 radical (unpaired) electrons. The average Bonchev–Trinajstić information content (AvgIpc) is 3.28. The van der Waals surface area contributed by atoms with Crippen LogP contribution < -0.4 is 16.0 Å². The molecular formula is C24H28N10O. The van der Waals surface area contributed by atoms with E-state index >= 15 is 0 Å². The number of nitrogen functional groups attached to an aromatic ring is 1. The van der Waals surface area contributed by atoms with Gasteiger partial charge in [0.1, 0.15) is 11.7 Å². The van der Waals surface area contributed by atoms with E-state index in [4.69, 9.17) is 5.73 Å². The molecule has 180 valence electrons. The van der Waals surface area contributed by atoms with Crippen LogP contribution in [0.5, 0.6) is 0 Å². The number of nitrogens with one attached hydrogen (secondary N) is 1. The zero-order valence-electron chi connectivity index (χ0n) is 19.7. The molecule has 0 atom stereocenters. The van der Waals surface area contributed by atoms with Crippen LogP contribution in [0.4, 0.5) is 16.6 Å². The quantitative estimate of drug-likeness (QED) is 0.284. The van der Waals surface area contributed by atoms with Crippen LogP contribution >= 0.6 is 0 Å². The molecule has 0 unspecified atom stereocenters. The van der Waals surface area contributed by atoms with Gasteiger partial charge in [-0.25, -0.2) is 9.78 Å². The number of urea groups is 1. The molecular weight excluding hydrogens is 444 g/mol. The molecule has 0 aromatic carbocycles. The third-order valence-corrected chi connectivity index (χ3v) is 5.98. The predicted octanol–water partition coefficient (Wildman–Crippen LogP) is 0.969. The maximum atomic E-state index is 11.7. The number of nitrogens with two attached hydrogens (primary N) is 1. The molecule has 3 N–H and O–H groups in total. The number of aromatic nitrogens is 3. The van der Waals surface area contributed by atoms with Crippen molar-refractivity contribution in [3.8, 4) is 18.0 Å². The van der Waals surface area contributed by atoms with Gasteiger partial charge in [0.25, 0.3) is 0 Å². The number of rotatable bonds is 5. The number of aryl methyl sites for hydroxylation is 1. The topological polar surface area (TPSA) is 140 Å². The summed E-state index contributed by atoms with van der Waals surface area (Å²) in [7, 11) is 0. The van der Waals surface area contributed by atoms with Gasteiger partial charge in [0.05, 0.1) is 11.3 Å². The van der Waals surface area contributed by atoms with Crippen LogP contribution in [-0.2, 0) is 0 Å². The summed E-state index contributed by atoms with van der Waals surface area (Å²) >= 11 is 0. The number of piperazine rings is 1. The lowest BCUT2D eigenvalue weighted by Crippen LogP contribution is -2.49. The summed E-state index contributed by atoms with van der Waals surface area (Å²) in [4.78, 5) is 34.8. The van der Waals surface area contributed by atoms with E-state index < -0.39 is 0 Å². The standard InChI is InChI=1S/C24H28N10O/c1-18-20(7-6-19-4-2-8-27-16-19)22(31-23(26)30-18)33-14-12-32(13-15-33)21(29-17-25)5-3-10-34-11-9-28-24(34)35/h2,4,8,16H,3,5,9-15H2,1H3,(H,28,35)(H2,26,30,31). The highest BCUT2D eigenvalue weighted by molar-refractivity contribution is 5.83. The molecule has 0 bridgehead atoms. The number of aliphatic imine (C=N–C) groups is 1. The smallest absolute Gasteiger partial charge is 0.317 e. The molecule has 2 aliphatic heterocycles. The molecule has 11 nitrogen and oxygen atoms in total. The lowest BCUT2D eigenvalue weighted by molar-refractivity contribution is 0.217. The summed E-state index contributed by atoms with van der Waals surface area (Å²) < 4.78 is 0. The molecule has 2 aromatic heterocycles. The number of carbonyl (C=O) groups is 1. The predicted molar refractivity (Wildman–Crippen MR) is 132 cm³/mol. The van der Waals surface area contributed by atoms with Crippen LogP contribution in [-0.4, -0.2) is 82.4 Å². The van der Waals surface area contributed by atoms with Crippen molar-refractivity contribution in [1.29, 1.82) is 5.26 Å². The first kappa shape index (κ1) is 23.8. The molecule has 11 heteroatoms. The fourth-order valence-electron chi connectivity index (χ4n) is 4.20. The lowest BCUT2D eigenvalue weighted by Gasteiger charge is -2.37. The van der Waals surface area contributed by atoms with Crippen molar-refractivity contribution in [3.05, 3.63) is 41.3 Å². The summed E-state index contributed by atoms with van der Waals surface area (Å²) in [6.45, 7) is 6.65. The number of pyridine rings is 1. The summed E-state index contributed by atoms with van der Waals surface area (Å²) in [6.07, 6.45) is 6.74. The molecule has 35 heavy (non-hydrogen) atoms. The number of nitriles is 1. The molecule has 4 rings (SSSR count). The summed E-state index contributed by atoms with van der Waals surface area (Å²) in [5.74, 6) is 8.02. The zero-order valence-corrected chi connectivity index (χ0v) is 19.7. The Balaban J connectivity index is 1.43. The summed E-state index contributed by atoms with van der Waals surface area (Å²) in [5.41, 5.74) is 8.25. The van der Waals surface area contributed by atoms with Crippen LogP contribution in [0.2, 0.25) is 0 Å². The monoisotopic (exact) mass is 472 g/mol. The summed E-state index contributed by atoms with van der Waals surface area (Å²) in [5, 5.41) is 12.0. The van der Waals surface area contributed by atoms with Gasteiger partial charge < -0.3 is 25.8 Å². The Hall–Kier alpha value is -4.38. The molecule has 2 aromatic rings. The van der Waals surface area contributed by atoms with E-state index in [1.54, 1.807) is 17.3 Å². The largest absolute Gasteiger partial charge is 0.368 e. The van der Waals surface area contributed by atoms with Gasteiger partial charge >= 0.3 is 6.03 Å². The highest BCUT2D eigenvalue weighted by atomic mass is 16.2. The van der Waals surface area contributed by atoms with E-state index in [9.17, 15) is 10.1 Å². The molecule has 0 saturated carbocycles. The first-order valence-corrected chi connectivity index (χ1v) is 11.6. The van der Waals surface area contributed by atoms with E-state index in [1.807, 2.05) is 25.2 Å². The van der Waals surface area contributed by atoms with E-state index in [0.717, 1.165) is 35.6 Å². The third kappa shape index (κ3) is 5.95. The van der Waals surface area contributed by atoms with Crippen LogP contribution in [0.25, 0.3) is 0 Å². The Labute approximate surface area is 204 Å². The Kier molecular flexibility index (Phi) is 7.58.